The molecule has 0 saturated carbocycles. The van der Waals surface area contributed by atoms with Gasteiger partial charge in [-0.3, -0.25) is 4.79 Å². The van der Waals surface area contributed by atoms with Gasteiger partial charge in [0.2, 0.25) is 0 Å². The summed E-state index contributed by atoms with van der Waals surface area (Å²) >= 11 is 0. The maximum absolute atomic E-state index is 11.9. The number of rotatable bonds is 9. The molecule has 0 saturated heterocycles. The molecule has 7 nitrogen and oxygen atoms in total. The molecule has 0 bridgehead atoms. The average Bonchev–Trinajstić information content (AvgIpc) is 2.62. The summed E-state index contributed by atoms with van der Waals surface area (Å²) in [6.07, 6.45) is 1.85. The van der Waals surface area contributed by atoms with Gasteiger partial charge < -0.3 is 15.5 Å². The van der Waals surface area contributed by atoms with Crippen molar-refractivity contribution in [3.05, 3.63) is 35.4 Å². The molecule has 1 rings (SSSR count). The lowest BCUT2D eigenvalue weighted by atomic mass is 9.90. The van der Waals surface area contributed by atoms with Crippen LogP contribution in [0.5, 0.6) is 0 Å². The molecule has 1 amide bonds. The van der Waals surface area contributed by atoms with E-state index in [1.807, 2.05) is 45.0 Å². The number of sulfone groups is 1. The molecule has 0 aliphatic heterocycles. The Morgan fingerprint density at radius 2 is 1.72 bits per heavy atom. The van der Waals surface area contributed by atoms with Gasteiger partial charge >= 0.3 is 0 Å². The fraction of sp³-hybridized carbons (Fsp3) is 0.600. The lowest BCUT2D eigenvalue weighted by Gasteiger charge is -2.25. The van der Waals surface area contributed by atoms with Crippen molar-refractivity contribution in [3.8, 4) is 0 Å². The third-order valence-electron chi connectivity index (χ3n) is 4.26. The molecule has 1 aromatic rings. The van der Waals surface area contributed by atoms with Crippen molar-refractivity contribution in [2.24, 2.45) is 10.4 Å². The number of nitrogens with one attached hydrogen (secondary N) is 2. The lowest BCUT2D eigenvalue weighted by molar-refractivity contribution is 0.0827. The number of hydrogen-bond donors (Lipinski definition) is 2. The molecule has 0 radical (unpaired) electrons. The number of carbonyl (C=O) groups is 1. The molecular weight excluding hydrogens is 503 g/mol. The van der Waals surface area contributed by atoms with Crippen molar-refractivity contribution in [1.29, 1.82) is 0 Å². The molecule has 0 heterocycles. The van der Waals surface area contributed by atoms with Crippen LogP contribution >= 0.6 is 24.0 Å². The number of benzene rings is 1. The van der Waals surface area contributed by atoms with E-state index >= 15 is 0 Å². The highest BCUT2D eigenvalue weighted by atomic mass is 127. The van der Waals surface area contributed by atoms with Crippen molar-refractivity contribution in [2.75, 3.05) is 39.2 Å². The summed E-state index contributed by atoms with van der Waals surface area (Å²) in [6, 6.07) is 7.42. The van der Waals surface area contributed by atoms with E-state index in [-0.39, 0.29) is 41.1 Å². The highest BCUT2D eigenvalue weighted by Gasteiger charge is 2.20. The molecule has 29 heavy (non-hydrogen) atoms. The molecule has 166 valence electrons. The number of amides is 1. The van der Waals surface area contributed by atoms with Crippen molar-refractivity contribution < 1.29 is 13.2 Å². The van der Waals surface area contributed by atoms with Crippen LogP contribution in [-0.2, 0) is 16.4 Å². The van der Waals surface area contributed by atoms with Crippen molar-refractivity contribution in [2.45, 2.75) is 33.7 Å². The smallest absolute Gasteiger partial charge is 0.253 e. The highest BCUT2D eigenvalue weighted by Crippen LogP contribution is 2.19. The second kappa shape index (κ2) is 12.4. The number of carbonyl (C=O) groups excluding carboxylic acids is 1. The van der Waals surface area contributed by atoms with Gasteiger partial charge in [-0.25, -0.2) is 13.4 Å². The molecule has 0 aromatic heterocycles. The molecule has 0 aliphatic carbocycles. The minimum atomic E-state index is -2.97. The third-order valence-corrected chi connectivity index (χ3v) is 5.20. The Bertz CT molecular complexity index is 775. The first-order valence-electron chi connectivity index (χ1n) is 9.44. The SMILES string of the molecule is CCNC(=NCc1ccc(C(=O)N(C)C)cc1)NCC(C)(C)CCS(C)(=O)=O.I. The Hall–Kier alpha value is -1.36. The molecule has 0 unspecified atom stereocenters. The molecule has 1 aromatic carbocycles. The van der Waals surface area contributed by atoms with Crippen LogP contribution in [0.25, 0.3) is 0 Å². The molecule has 9 heteroatoms. The fourth-order valence-corrected chi connectivity index (χ4v) is 3.32. The predicted molar refractivity (Wildman–Crippen MR) is 131 cm³/mol. The fourth-order valence-electron chi connectivity index (χ4n) is 2.40. The Morgan fingerprint density at radius 1 is 1.14 bits per heavy atom. The Labute approximate surface area is 192 Å². The molecule has 0 atom stereocenters. The zero-order valence-corrected chi connectivity index (χ0v) is 21.4. The maximum atomic E-state index is 11.9. The topological polar surface area (TPSA) is 90.9 Å². The lowest BCUT2D eigenvalue weighted by Crippen LogP contribution is -2.42. The van der Waals surface area contributed by atoms with E-state index in [0.29, 0.717) is 31.0 Å². The number of nitrogens with zero attached hydrogens (tertiary/aromatic N) is 2. The van der Waals surface area contributed by atoms with Crippen LogP contribution < -0.4 is 10.6 Å². The van der Waals surface area contributed by atoms with Crippen LogP contribution in [0.3, 0.4) is 0 Å². The molecule has 0 aliphatic rings. The van der Waals surface area contributed by atoms with E-state index in [2.05, 4.69) is 15.6 Å². The van der Waals surface area contributed by atoms with Crippen LogP contribution in [-0.4, -0.2) is 64.4 Å². The monoisotopic (exact) mass is 538 g/mol. The zero-order valence-electron chi connectivity index (χ0n) is 18.3. The number of guanidine groups is 1. The summed E-state index contributed by atoms with van der Waals surface area (Å²) in [5.74, 6) is 0.831. The van der Waals surface area contributed by atoms with Crippen molar-refractivity contribution >= 4 is 45.7 Å². The molecule has 2 N–H and O–H groups in total. The Morgan fingerprint density at radius 3 is 2.21 bits per heavy atom. The van der Waals surface area contributed by atoms with Gasteiger partial charge in [-0.2, -0.15) is 0 Å². The van der Waals surface area contributed by atoms with Crippen LogP contribution in [0.15, 0.2) is 29.3 Å². The Kier molecular flexibility index (Phi) is 11.8. The standard InChI is InChI=1S/C20H34N4O3S.HI/c1-7-21-19(23-15-20(2,3)12-13-28(6,26)27)22-14-16-8-10-17(11-9-16)18(25)24(4)5;/h8-11H,7,12-15H2,1-6H3,(H2,21,22,23);1H. The largest absolute Gasteiger partial charge is 0.357 e. The average molecular weight is 538 g/mol. The summed E-state index contributed by atoms with van der Waals surface area (Å²) in [4.78, 5) is 18.1. The number of halogens is 1. The van der Waals surface area contributed by atoms with Gasteiger partial charge in [0.1, 0.15) is 9.84 Å². The zero-order chi connectivity index (χ0) is 21.4. The van der Waals surface area contributed by atoms with Gasteiger partial charge in [0.05, 0.1) is 12.3 Å². The van der Waals surface area contributed by atoms with Crippen LogP contribution in [0, 0.1) is 5.41 Å². The summed E-state index contributed by atoms with van der Waals surface area (Å²) in [5, 5.41) is 6.50. The summed E-state index contributed by atoms with van der Waals surface area (Å²) in [5.41, 5.74) is 1.48. The summed E-state index contributed by atoms with van der Waals surface area (Å²) in [6.45, 7) is 7.89. The van der Waals surface area contributed by atoms with E-state index in [1.54, 1.807) is 19.0 Å². The van der Waals surface area contributed by atoms with Crippen LogP contribution in [0.2, 0.25) is 0 Å². The third kappa shape index (κ3) is 11.4. The van der Waals surface area contributed by atoms with E-state index < -0.39 is 9.84 Å². The van der Waals surface area contributed by atoms with E-state index in [1.165, 1.54) is 6.26 Å². The molecular formula is C20H35IN4O3S. The van der Waals surface area contributed by atoms with Gasteiger partial charge in [0, 0.05) is 39.0 Å². The first-order valence-corrected chi connectivity index (χ1v) is 11.5. The predicted octanol–water partition coefficient (Wildman–Crippen LogP) is 2.52. The number of aliphatic imine (C=N–C) groups is 1. The highest BCUT2D eigenvalue weighted by molar-refractivity contribution is 14.0. The number of hydrogen-bond acceptors (Lipinski definition) is 4. The van der Waals surface area contributed by atoms with E-state index in [9.17, 15) is 13.2 Å². The second-order valence-corrected chi connectivity index (χ2v) is 10.2. The first kappa shape index (κ1) is 27.6. The van der Waals surface area contributed by atoms with Crippen molar-refractivity contribution in [1.82, 2.24) is 15.5 Å². The van der Waals surface area contributed by atoms with E-state index in [4.69, 9.17) is 0 Å². The molecule has 0 spiro atoms. The normalized spacial score (nSPS) is 12.1. The van der Waals surface area contributed by atoms with Crippen molar-refractivity contribution in [3.63, 3.8) is 0 Å². The minimum absolute atomic E-state index is 0. The summed E-state index contributed by atoms with van der Waals surface area (Å²) in [7, 11) is 0.489. The molecule has 0 fully saturated rings. The van der Waals surface area contributed by atoms with Gasteiger partial charge in [0.25, 0.3) is 5.91 Å². The van der Waals surface area contributed by atoms with Crippen LogP contribution in [0.4, 0.5) is 0 Å². The maximum Gasteiger partial charge on any atom is 0.253 e. The van der Waals surface area contributed by atoms with Gasteiger partial charge in [-0.05, 0) is 36.5 Å². The van der Waals surface area contributed by atoms with E-state index in [0.717, 1.165) is 12.1 Å². The minimum Gasteiger partial charge on any atom is -0.357 e. The second-order valence-electron chi connectivity index (χ2n) is 7.99. The summed E-state index contributed by atoms with van der Waals surface area (Å²) < 4.78 is 22.8. The quantitative estimate of drug-likeness (QED) is 0.287. The van der Waals surface area contributed by atoms with Crippen LogP contribution in [0.1, 0.15) is 43.1 Å². The van der Waals surface area contributed by atoms with Gasteiger partial charge in [-0.1, -0.05) is 26.0 Å². The van der Waals surface area contributed by atoms with Gasteiger partial charge in [0.15, 0.2) is 5.96 Å². The first-order chi connectivity index (χ1) is 12.9. The Balaban J connectivity index is 0.00000784. The van der Waals surface area contributed by atoms with Gasteiger partial charge in [-0.15, -0.1) is 24.0 Å².